The largest absolute Gasteiger partial charge is 0.473 e. The highest BCUT2D eigenvalue weighted by Crippen LogP contribution is 2.12. The SMILES string of the molecule is C[C@H](Nc1nccc(OCc2ccccc2)n1)C(=O)N(C)C. The van der Waals surface area contributed by atoms with Crippen molar-refractivity contribution in [1.29, 1.82) is 0 Å². The average molecular weight is 300 g/mol. The summed E-state index contributed by atoms with van der Waals surface area (Å²) in [6, 6.07) is 11.1. The second-order valence-corrected chi connectivity index (χ2v) is 5.09. The second-order valence-electron chi connectivity index (χ2n) is 5.09. The summed E-state index contributed by atoms with van der Waals surface area (Å²) in [7, 11) is 3.42. The minimum absolute atomic E-state index is 0.0424. The Bertz CT molecular complexity index is 617. The quantitative estimate of drug-likeness (QED) is 0.883. The zero-order chi connectivity index (χ0) is 15.9. The number of carbonyl (C=O) groups is 1. The molecule has 0 unspecified atom stereocenters. The molecule has 1 heterocycles. The van der Waals surface area contributed by atoms with Gasteiger partial charge in [0.2, 0.25) is 17.7 Å². The Morgan fingerprint density at radius 1 is 1.27 bits per heavy atom. The zero-order valence-corrected chi connectivity index (χ0v) is 13.0. The van der Waals surface area contributed by atoms with Crippen LogP contribution < -0.4 is 10.1 Å². The van der Waals surface area contributed by atoms with E-state index in [0.717, 1.165) is 5.56 Å². The van der Waals surface area contributed by atoms with E-state index in [0.29, 0.717) is 18.4 Å². The van der Waals surface area contributed by atoms with Crippen LogP contribution in [0.2, 0.25) is 0 Å². The van der Waals surface area contributed by atoms with Crippen LogP contribution in [0.1, 0.15) is 12.5 Å². The number of amides is 1. The van der Waals surface area contributed by atoms with Gasteiger partial charge in [0.05, 0.1) is 0 Å². The molecule has 1 aromatic heterocycles. The molecule has 0 saturated heterocycles. The predicted octanol–water partition coefficient (Wildman–Crippen LogP) is 1.94. The van der Waals surface area contributed by atoms with Gasteiger partial charge in [0.15, 0.2) is 0 Å². The zero-order valence-electron chi connectivity index (χ0n) is 13.0. The van der Waals surface area contributed by atoms with Crippen molar-refractivity contribution in [2.75, 3.05) is 19.4 Å². The maximum absolute atomic E-state index is 11.8. The fraction of sp³-hybridized carbons (Fsp3) is 0.312. The number of likely N-dealkylation sites (N-methyl/N-ethyl adjacent to an activating group) is 1. The summed E-state index contributed by atoms with van der Waals surface area (Å²) in [6.07, 6.45) is 1.60. The fourth-order valence-electron chi connectivity index (χ4n) is 1.87. The Morgan fingerprint density at radius 3 is 2.68 bits per heavy atom. The van der Waals surface area contributed by atoms with E-state index in [-0.39, 0.29) is 5.91 Å². The Hall–Kier alpha value is -2.63. The molecule has 1 aromatic carbocycles. The number of anilines is 1. The first-order chi connectivity index (χ1) is 10.6. The van der Waals surface area contributed by atoms with Gasteiger partial charge in [-0.2, -0.15) is 4.98 Å². The highest BCUT2D eigenvalue weighted by atomic mass is 16.5. The first kappa shape index (κ1) is 15.8. The monoisotopic (exact) mass is 300 g/mol. The molecule has 2 rings (SSSR count). The maximum atomic E-state index is 11.8. The molecule has 0 saturated carbocycles. The number of rotatable bonds is 6. The van der Waals surface area contributed by atoms with Crippen LogP contribution >= 0.6 is 0 Å². The molecule has 0 radical (unpaired) electrons. The van der Waals surface area contributed by atoms with Crippen molar-refractivity contribution in [1.82, 2.24) is 14.9 Å². The first-order valence-electron chi connectivity index (χ1n) is 7.03. The van der Waals surface area contributed by atoms with Crippen molar-refractivity contribution in [3.63, 3.8) is 0 Å². The van der Waals surface area contributed by atoms with Crippen LogP contribution in [0.4, 0.5) is 5.95 Å². The molecule has 116 valence electrons. The van der Waals surface area contributed by atoms with Crippen LogP contribution in [0.25, 0.3) is 0 Å². The van der Waals surface area contributed by atoms with E-state index >= 15 is 0 Å². The third-order valence-electron chi connectivity index (χ3n) is 3.02. The lowest BCUT2D eigenvalue weighted by Gasteiger charge is -2.18. The van der Waals surface area contributed by atoms with Crippen molar-refractivity contribution >= 4 is 11.9 Å². The van der Waals surface area contributed by atoms with Gasteiger partial charge < -0.3 is 15.0 Å². The lowest BCUT2D eigenvalue weighted by atomic mass is 10.2. The van der Waals surface area contributed by atoms with Crippen molar-refractivity contribution in [2.45, 2.75) is 19.6 Å². The van der Waals surface area contributed by atoms with E-state index in [1.807, 2.05) is 30.3 Å². The van der Waals surface area contributed by atoms with Gasteiger partial charge in [-0.05, 0) is 12.5 Å². The highest BCUT2D eigenvalue weighted by Gasteiger charge is 2.15. The molecule has 0 aliphatic rings. The summed E-state index contributed by atoms with van der Waals surface area (Å²) in [4.78, 5) is 21.7. The van der Waals surface area contributed by atoms with Gasteiger partial charge in [-0.3, -0.25) is 4.79 Å². The van der Waals surface area contributed by atoms with E-state index < -0.39 is 6.04 Å². The summed E-state index contributed by atoms with van der Waals surface area (Å²) in [6.45, 7) is 2.20. The van der Waals surface area contributed by atoms with Gasteiger partial charge in [-0.1, -0.05) is 30.3 Å². The molecule has 22 heavy (non-hydrogen) atoms. The van der Waals surface area contributed by atoms with Gasteiger partial charge in [0.25, 0.3) is 0 Å². The lowest BCUT2D eigenvalue weighted by Crippen LogP contribution is -2.37. The minimum atomic E-state index is -0.403. The Balaban J connectivity index is 1.96. The van der Waals surface area contributed by atoms with Gasteiger partial charge in [-0.15, -0.1) is 0 Å². The van der Waals surface area contributed by atoms with Crippen molar-refractivity contribution in [3.05, 3.63) is 48.2 Å². The van der Waals surface area contributed by atoms with Crippen molar-refractivity contribution < 1.29 is 9.53 Å². The summed E-state index contributed by atoms with van der Waals surface area (Å²) in [5.74, 6) is 0.790. The van der Waals surface area contributed by atoms with E-state index in [2.05, 4.69) is 15.3 Å². The van der Waals surface area contributed by atoms with Gasteiger partial charge in [-0.25, -0.2) is 4.98 Å². The predicted molar refractivity (Wildman–Crippen MR) is 84.6 cm³/mol. The molecule has 0 fully saturated rings. The average Bonchev–Trinajstić information content (AvgIpc) is 2.53. The number of carbonyl (C=O) groups excluding carboxylic acids is 1. The molecule has 1 atom stereocenters. The van der Waals surface area contributed by atoms with E-state index in [1.165, 1.54) is 4.90 Å². The molecule has 1 N–H and O–H groups in total. The molecule has 0 spiro atoms. The number of hydrogen-bond donors (Lipinski definition) is 1. The first-order valence-corrected chi connectivity index (χ1v) is 7.03. The summed E-state index contributed by atoms with van der Waals surface area (Å²) in [5, 5.41) is 2.97. The van der Waals surface area contributed by atoms with Crippen molar-refractivity contribution in [3.8, 4) is 5.88 Å². The van der Waals surface area contributed by atoms with Crippen LogP contribution in [0.3, 0.4) is 0 Å². The number of ether oxygens (including phenoxy) is 1. The topological polar surface area (TPSA) is 67.4 Å². The third kappa shape index (κ3) is 4.44. The molecule has 1 amide bonds. The van der Waals surface area contributed by atoms with E-state index in [1.54, 1.807) is 33.3 Å². The standard InChI is InChI=1S/C16H20N4O2/c1-12(15(21)20(2)3)18-16-17-10-9-14(19-16)22-11-13-7-5-4-6-8-13/h4-10,12H,11H2,1-3H3,(H,17,18,19)/t12-/m0/s1. The fourth-order valence-corrected chi connectivity index (χ4v) is 1.87. The second kappa shape index (κ2) is 7.40. The van der Waals surface area contributed by atoms with Crippen LogP contribution in [0.15, 0.2) is 42.6 Å². The molecule has 0 bridgehead atoms. The normalized spacial score (nSPS) is 11.6. The number of aromatic nitrogens is 2. The number of benzene rings is 1. The van der Waals surface area contributed by atoms with E-state index in [4.69, 9.17) is 4.74 Å². The molecule has 6 heteroatoms. The van der Waals surface area contributed by atoms with Crippen LogP contribution in [-0.4, -0.2) is 40.9 Å². The molecular formula is C16H20N4O2. The summed E-state index contributed by atoms with van der Waals surface area (Å²) >= 11 is 0. The van der Waals surface area contributed by atoms with Gasteiger partial charge in [0.1, 0.15) is 12.6 Å². The third-order valence-corrected chi connectivity index (χ3v) is 3.02. The van der Waals surface area contributed by atoms with Gasteiger partial charge in [0, 0.05) is 26.4 Å². The maximum Gasteiger partial charge on any atom is 0.244 e. The number of nitrogens with one attached hydrogen (secondary N) is 1. The Kier molecular flexibility index (Phi) is 5.30. The number of nitrogens with zero attached hydrogens (tertiary/aromatic N) is 3. The van der Waals surface area contributed by atoms with Gasteiger partial charge >= 0.3 is 0 Å². The van der Waals surface area contributed by atoms with Crippen LogP contribution in [-0.2, 0) is 11.4 Å². The summed E-state index contributed by atoms with van der Waals surface area (Å²) in [5.41, 5.74) is 1.06. The number of hydrogen-bond acceptors (Lipinski definition) is 5. The van der Waals surface area contributed by atoms with Crippen LogP contribution in [0, 0.1) is 0 Å². The Morgan fingerprint density at radius 2 is 2.00 bits per heavy atom. The Labute approximate surface area is 130 Å². The van der Waals surface area contributed by atoms with E-state index in [9.17, 15) is 4.79 Å². The molecule has 0 aliphatic heterocycles. The highest BCUT2D eigenvalue weighted by molar-refractivity contribution is 5.83. The lowest BCUT2D eigenvalue weighted by molar-refractivity contribution is -0.129. The minimum Gasteiger partial charge on any atom is -0.473 e. The molecule has 0 aliphatic carbocycles. The molecular weight excluding hydrogens is 280 g/mol. The molecule has 2 aromatic rings. The van der Waals surface area contributed by atoms with Crippen LogP contribution in [0.5, 0.6) is 5.88 Å². The smallest absolute Gasteiger partial charge is 0.244 e. The van der Waals surface area contributed by atoms with Crippen molar-refractivity contribution in [2.24, 2.45) is 0 Å². The summed E-state index contributed by atoms with van der Waals surface area (Å²) < 4.78 is 5.64. The molecule has 6 nitrogen and oxygen atoms in total.